The first kappa shape index (κ1) is 17.3. The number of nitrogens with zero attached hydrogens (tertiary/aromatic N) is 3. The number of aliphatic imine (C=N–C) groups is 1. The summed E-state index contributed by atoms with van der Waals surface area (Å²) in [6.45, 7) is 6.29. The van der Waals surface area contributed by atoms with Gasteiger partial charge in [0.05, 0.1) is 25.5 Å². The van der Waals surface area contributed by atoms with Gasteiger partial charge >= 0.3 is 0 Å². The van der Waals surface area contributed by atoms with Crippen molar-refractivity contribution in [1.82, 2.24) is 9.80 Å². The lowest BCUT2D eigenvalue weighted by atomic mass is 10.1. The maximum absolute atomic E-state index is 6.66. The van der Waals surface area contributed by atoms with Crippen molar-refractivity contribution in [3.63, 3.8) is 0 Å². The zero-order valence-electron chi connectivity index (χ0n) is 16.3. The number of hydrogen-bond acceptors (Lipinski definition) is 6. The molecule has 0 bridgehead atoms. The Morgan fingerprint density at radius 1 is 1.00 bits per heavy atom. The minimum absolute atomic E-state index is 0.326. The van der Waals surface area contributed by atoms with Gasteiger partial charge in [-0.2, -0.15) is 0 Å². The first-order chi connectivity index (χ1) is 13.8. The lowest BCUT2D eigenvalue weighted by Crippen LogP contribution is -2.49. The van der Waals surface area contributed by atoms with Crippen molar-refractivity contribution in [3.8, 4) is 0 Å². The molecule has 0 saturated carbocycles. The molecule has 0 aliphatic carbocycles. The first-order valence-electron chi connectivity index (χ1n) is 9.84. The average molecular weight is 385 g/mol. The first-order valence-corrected chi connectivity index (χ1v) is 10.2. The van der Waals surface area contributed by atoms with E-state index in [1.807, 2.05) is 0 Å². The van der Waals surface area contributed by atoms with Gasteiger partial charge in [-0.05, 0) is 18.2 Å². The highest BCUT2D eigenvalue weighted by Crippen LogP contribution is 2.40. The van der Waals surface area contributed by atoms with Crippen LogP contribution in [0.2, 0.25) is 0 Å². The van der Waals surface area contributed by atoms with Crippen molar-refractivity contribution in [2.45, 2.75) is 9.79 Å². The molecule has 27 heavy (non-hydrogen) atoms. The van der Waals surface area contributed by atoms with Crippen LogP contribution >= 0.6 is 11.8 Å². The zero-order chi connectivity index (χ0) is 19.2. The number of benzene rings is 2. The summed E-state index contributed by atoms with van der Waals surface area (Å²) < 4.78 is 12.2. The van der Waals surface area contributed by atoms with Crippen molar-refractivity contribution in [2.75, 3.05) is 52.5 Å². The molecule has 0 aromatic heterocycles. The van der Waals surface area contributed by atoms with Crippen molar-refractivity contribution < 1.29 is 9.85 Å². The summed E-state index contributed by atoms with van der Waals surface area (Å²) in [6.07, 6.45) is 0. The molecular weight excluding hydrogens is 358 g/mol. The van der Waals surface area contributed by atoms with Crippen LogP contribution in [0.4, 0.5) is 5.69 Å². The summed E-state index contributed by atoms with van der Waals surface area (Å²) in [5.41, 5.74) is 2.27. The SMILES string of the molecule is [2H]OCCOCCN1CCN(C2=Nc3ccccc3Sc3ccccc32)CC1. The van der Waals surface area contributed by atoms with Crippen LogP contribution in [-0.4, -0.2) is 74.7 Å². The van der Waals surface area contributed by atoms with Crippen LogP contribution in [-0.2, 0) is 4.74 Å². The molecule has 0 spiro atoms. The van der Waals surface area contributed by atoms with Crippen molar-refractivity contribution >= 4 is 23.3 Å². The Morgan fingerprint density at radius 2 is 1.78 bits per heavy atom. The van der Waals surface area contributed by atoms with Crippen molar-refractivity contribution in [3.05, 3.63) is 54.1 Å². The number of rotatable bonds is 6. The smallest absolute Gasteiger partial charge is 0.210 e. The molecule has 2 aliphatic rings. The Hall–Kier alpha value is -1.86. The van der Waals surface area contributed by atoms with Crippen LogP contribution in [0.25, 0.3) is 0 Å². The number of para-hydroxylation sites is 1. The molecule has 0 amide bonds. The highest BCUT2D eigenvalue weighted by Gasteiger charge is 2.24. The second-order valence-electron chi connectivity index (χ2n) is 6.65. The van der Waals surface area contributed by atoms with E-state index in [2.05, 4.69) is 63.4 Å². The molecule has 0 radical (unpaired) electrons. The van der Waals surface area contributed by atoms with Gasteiger partial charge in [0.15, 0.2) is 0 Å². The van der Waals surface area contributed by atoms with E-state index in [1.54, 1.807) is 11.8 Å². The van der Waals surface area contributed by atoms with Crippen LogP contribution in [0, 0.1) is 0 Å². The fourth-order valence-corrected chi connectivity index (χ4v) is 4.47. The highest BCUT2D eigenvalue weighted by atomic mass is 32.2. The van der Waals surface area contributed by atoms with Gasteiger partial charge in [-0.3, -0.25) is 4.90 Å². The Kier molecular flexibility index (Phi) is 5.68. The number of amidine groups is 1. The van der Waals surface area contributed by atoms with Crippen molar-refractivity contribution in [2.24, 2.45) is 4.99 Å². The van der Waals surface area contributed by atoms with Crippen molar-refractivity contribution in [1.29, 1.82) is 1.43 Å². The van der Waals surface area contributed by atoms with Gasteiger partial charge in [-0.15, -0.1) is 0 Å². The second-order valence-corrected chi connectivity index (χ2v) is 7.73. The molecule has 4 rings (SSSR count). The largest absolute Gasteiger partial charge is 0.394 e. The molecule has 2 aromatic carbocycles. The lowest BCUT2D eigenvalue weighted by molar-refractivity contribution is 0.0652. The van der Waals surface area contributed by atoms with E-state index in [1.165, 1.54) is 15.4 Å². The molecule has 1 N–H and O–H groups in total. The van der Waals surface area contributed by atoms with E-state index in [-0.39, 0.29) is 0 Å². The molecule has 2 aliphatic heterocycles. The number of aliphatic hydroxyl groups is 1. The predicted octanol–water partition coefficient (Wildman–Crippen LogP) is 2.86. The number of fused-ring (bicyclic) bond motifs is 2. The van der Waals surface area contributed by atoms with Crippen LogP contribution in [0.5, 0.6) is 0 Å². The number of piperazine rings is 1. The quantitative estimate of drug-likeness (QED) is 0.776. The third kappa shape index (κ3) is 4.35. The van der Waals surface area contributed by atoms with Crippen LogP contribution < -0.4 is 0 Å². The Morgan fingerprint density at radius 3 is 2.63 bits per heavy atom. The Balaban J connectivity index is 1.45. The molecule has 0 unspecified atom stereocenters. The van der Waals surface area contributed by atoms with Crippen LogP contribution in [0.3, 0.4) is 0 Å². The molecule has 2 heterocycles. The maximum atomic E-state index is 6.66. The van der Waals surface area contributed by atoms with Gasteiger partial charge in [0.25, 0.3) is 0 Å². The molecular formula is C21H25N3O2S. The summed E-state index contributed by atoms with van der Waals surface area (Å²) >= 11 is 1.80. The minimum atomic E-state index is 0.326. The van der Waals surface area contributed by atoms with E-state index < -0.39 is 0 Å². The predicted molar refractivity (Wildman–Crippen MR) is 109 cm³/mol. The fraction of sp³-hybridized carbons (Fsp3) is 0.381. The summed E-state index contributed by atoms with van der Waals surface area (Å²) in [5, 5.41) is 4.27. The van der Waals surface area contributed by atoms with Gasteiger partial charge in [-0.1, -0.05) is 42.1 Å². The summed E-state index contributed by atoms with van der Waals surface area (Å²) in [6, 6.07) is 16.9. The number of hydrogen-bond donors (Lipinski definition) is 1. The van der Waals surface area contributed by atoms with Gasteiger partial charge in [0, 0.05) is 48.1 Å². The molecule has 1 fully saturated rings. The van der Waals surface area contributed by atoms with E-state index in [0.717, 1.165) is 44.2 Å². The Labute approximate surface area is 166 Å². The Bertz CT molecular complexity index is 825. The van der Waals surface area contributed by atoms with Gasteiger partial charge in [-0.25, -0.2) is 4.99 Å². The number of aliphatic hydroxyl groups excluding tert-OH is 1. The van der Waals surface area contributed by atoms with Crippen LogP contribution in [0.1, 0.15) is 5.56 Å². The summed E-state index contributed by atoms with van der Waals surface area (Å²) in [4.78, 5) is 12.4. The van der Waals surface area contributed by atoms with Crippen LogP contribution in [0.15, 0.2) is 63.3 Å². The third-order valence-corrected chi connectivity index (χ3v) is 6.03. The standard InChI is InChI=1S/C21H25N3O2S/c25-14-16-26-15-13-23-9-11-24(12-10-23)21-17-5-1-3-7-19(17)27-20-8-4-2-6-18(20)22-21/h1-8,25H,9-16H2/i25D. The monoisotopic (exact) mass is 384 g/mol. The van der Waals surface area contributed by atoms with E-state index in [9.17, 15) is 0 Å². The molecule has 5 nitrogen and oxygen atoms in total. The molecule has 0 atom stereocenters. The average Bonchev–Trinajstić information content (AvgIpc) is 2.91. The lowest BCUT2D eigenvalue weighted by Gasteiger charge is -2.36. The third-order valence-electron chi connectivity index (χ3n) is 4.89. The topological polar surface area (TPSA) is 48.3 Å². The second kappa shape index (κ2) is 8.89. The molecule has 1 saturated heterocycles. The zero-order valence-corrected chi connectivity index (χ0v) is 16.2. The maximum Gasteiger partial charge on any atom is 0.210 e. The molecule has 142 valence electrons. The summed E-state index contributed by atoms with van der Waals surface area (Å²) in [5.74, 6) is 1.08. The van der Waals surface area contributed by atoms with Gasteiger partial charge in [0.2, 0.25) is 1.43 Å². The van der Waals surface area contributed by atoms with Gasteiger partial charge in [0.1, 0.15) is 5.84 Å². The van der Waals surface area contributed by atoms with E-state index in [4.69, 9.17) is 11.2 Å². The van der Waals surface area contributed by atoms with E-state index >= 15 is 0 Å². The fourth-order valence-electron chi connectivity index (χ4n) is 3.45. The normalized spacial score (nSPS) is 17.6. The highest BCUT2D eigenvalue weighted by molar-refractivity contribution is 7.99. The molecule has 2 aromatic rings. The minimum Gasteiger partial charge on any atom is -0.394 e. The van der Waals surface area contributed by atoms with E-state index in [0.29, 0.717) is 19.8 Å². The molecule has 6 heteroatoms. The summed E-state index contributed by atoms with van der Waals surface area (Å²) in [7, 11) is 0. The van der Waals surface area contributed by atoms with Gasteiger partial charge < -0.3 is 14.7 Å². The number of ether oxygens (including phenoxy) is 1.